The summed E-state index contributed by atoms with van der Waals surface area (Å²) in [6.45, 7) is 0. The molecule has 0 N–H and O–H groups in total. The zero-order chi connectivity index (χ0) is 50.1. The zero-order valence-electron chi connectivity index (χ0n) is 41.8. The third kappa shape index (κ3) is 6.11. The zero-order valence-corrected chi connectivity index (χ0v) is 41.8. The fraction of sp³-hybridized carbons (Fsp3) is 0.0615. The minimum Gasteiger partial charge on any atom is -0.436 e. The van der Waals surface area contributed by atoms with Crippen LogP contribution in [0.1, 0.15) is 0 Å². The second kappa shape index (κ2) is 16.3. The van der Waals surface area contributed by atoms with Gasteiger partial charge in [0, 0.05) is 28.2 Å². The van der Waals surface area contributed by atoms with Gasteiger partial charge in [0.2, 0.25) is 5.89 Å². The summed E-state index contributed by atoms with van der Waals surface area (Å²) < 4.78 is 7.29. The summed E-state index contributed by atoms with van der Waals surface area (Å²) in [6, 6.07) is 80.6. The molecule has 11 aromatic rings. The molecule has 0 spiro atoms. The fourth-order valence-corrected chi connectivity index (χ4v) is 12.1. The van der Waals surface area contributed by atoms with Gasteiger partial charge in [-0.05, 0) is 115 Å². The molecule has 0 saturated heterocycles. The van der Waals surface area contributed by atoms with Crippen molar-refractivity contribution in [1.82, 2.24) is 4.98 Å². The molecule has 0 amide bonds. The van der Waals surface area contributed by atoms with Gasteiger partial charge in [-0.2, -0.15) is 0 Å². The number of fused-ring (bicyclic) bond motifs is 9. The third-order valence-electron chi connectivity index (χ3n) is 15.5. The van der Waals surface area contributed by atoms with Crippen LogP contribution in [0.3, 0.4) is 0 Å². The van der Waals surface area contributed by atoms with Gasteiger partial charge in [0.1, 0.15) is 5.52 Å². The van der Waals surface area contributed by atoms with E-state index in [2.05, 4.69) is 268 Å². The third-order valence-corrected chi connectivity index (χ3v) is 15.5. The van der Waals surface area contributed by atoms with Crippen LogP contribution >= 0.6 is 0 Å². The molecule has 0 radical (unpaired) electrons. The van der Waals surface area contributed by atoms with Crippen LogP contribution in [-0.4, -0.2) is 33.2 Å². The van der Waals surface area contributed by atoms with Gasteiger partial charge in [-0.25, -0.2) is 4.98 Å². The molecule has 0 bridgehead atoms. The first-order valence-corrected chi connectivity index (χ1v) is 25.4. The molecular weight excluding hydrogens is 923 g/mol. The quantitative estimate of drug-likeness (QED) is 0.167. The van der Waals surface area contributed by atoms with Crippen LogP contribution in [0.4, 0.5) is 114 Å². The van der Waals surface area contributed by atoms with Crippen molar-refractivity contribution in [2.45, 2.75) is 0 Å². The lowest BCUT2D eigenvalue weighted by atomic mass is 9.95. The van der Waals surface area contributed by atoms with Crippen LogP contribution < -0.4 is 39.2 Å². The molecule has 0 aliphatic carbocycles. The monoisotopic (exact) mass is 971 g/mol. The van der Waals surface area contributed by atoms with Crippen LogP contribution in [0.25, 0.3) is 22.6 Å². The van der Waals surface area contributed by atoms with Gasteiger partial charge in [0.05, 0.1) is 119 Å². The number of nitrogens with zero attached hydrogens (tertiary/aromatic N) is 9. The lowest BCUT2D eigenvalue weighted by molar-refractivity contribution is 0.620. The van der Waals surface area contributed by atoms with E-state index in [1.807, 2.05) is 24.3 Å². The number of benzene rings is 10. The van der Waals surface area contributed by atoms with Crippen molar-refractivity contribution in [3.8, 4) is 11.5 Å². The summed E-state index contributed by atoms with van der Waals surface area (Å²) in [7, 11) is 8.68. The number of oxazole rings is 1. The maximum absolute atomic E-state index is 7.29. The Hall–Kier alpha value is -9.93. The minimum atomic E-state index is 0.492. The van der Waals surface area contributed by atoms with E-state index in [0.29, 0.717) is 11.5 Å². The Kier molecular flexibility index (Phi) is 9.28. The second-order valence-corrected chi connectivity index (χ2v) is 19.5. The summed E-state index contributed by atoms with van der Waals surface area (Å²) >= 11 is 0. The van der Waals surface area contributed by atoms with Crippen LogP contribution in [-0.2, 0) is 0 Å². The normalized spacial score (nSPS) is 13.9. The van der Waals surface area contributed by atoms with Gasteiger partial charge in [-0.3, -0.25) is 0 Å². The molecule has 10 nitrogen and oxygen atoms in total. The van der Waals surface area contributed by atoms with E-state index >= 15 is 0 Å². The number of para-hydroxylation sites is 18. The number of hydrogen-bond acceptors (Lipinski definition) is 10. The van der Waals surface area contributed by atoms with E-state index in [1.165, 1.54) is 0 Å². The second-order valence-electron chi connectivity index (χ2n) is 19.5. The molecule has 10 aromatic carbocycles. The molecule has 360 valence electrons. The van der Waals surface area contributed by atoms with Crippen LogP contribution in [0, 0.1) is 0 Å². The van der Waals surface area contributed by atoms with Crippen LogP contribution in [0.5, 0.6) is 0 Å². The van der Waals surface area contributed by atoms with Gasteiger partial charge < -0.3 is 43.6 Å². The van der Waals surface area contributed by atoms with Gasteiger partial charge in [-0.15, -0.1) is 0 Å². The Morgan fingerprint density at radius 3 is 0.867 bits per heavy atom. The Morgan fingerprint density at radius 1 is 0.267 bits per heavy atom. The van der Waals surface area contributed by atoms with Crippen molar-refractivity contribution in [2.75, 3.05) is 67.4 Å². The summed E-state index contributed by atoms with van der Waals surface area (Å²) in [4.78, 5) is 24.7. The maximum Gasteiger partial charge on any atom is 0.231 e. The molecule has 4 aliphatic rings. The van der Waals surface area contributed by atoms with Gasteiger partial charge in [0.25, 0.3) is 0 Å². The first kappa shape index (κ1) is 42.7. The summed E-state index contributed by atoms with van der Waals surface area (Å²) in [5.74, 6) is 0.492. The van der Waals surface area contributed by atoms with E-state index in [1.54, 1.807) is 0 Å². The Labute approximate surface area is 435 Å². The highest BCUT2D eigenvalue weighted by molar-refractivity contribution is 6.18. The summed E-state index contributed by atoms with van der Waals surface area (Å²) in [5, 5.41) is 0. The number of anilines is 20. The number of hydrogen-bond donors (Lipinski definition) is 0. The highest BCUT2D eigenvalue weighted by atomic mass is 16.3. The lowest BCUT2D eigenvalue weighted by Crippen LogP contribution is -2.31. The highest BCUT2D eigenvalue weighted by Gasteiger charge is 2.43. The average molecular weight is 972 g/mol. The SMILES string of the molecule is CN1c2ccccc2N(c2cc(N3c4ccccc4N(C)c4ccccc43)c(N3c4ccccc4N(C)c4ccccc43)c(N3c4ccccc4N(C)c4ccccc43)c2-c2nc3ccccc3o2)c2ccccc21. The molecule has 0 fully saturated rings. The van der Waals surface area contributed by atoms with E-state index in [4.69, 9.17) is 9.40 Å². The van der Waals surface area contributed by atoms with E-state index in [0.717, 1.165) is 125 Å². The molecule has 0 unspecified atom stereocenters. The highest BCUT2D eigenvalue weighted by Crippen LogP contribution is 2.67. The molecule has 10 heteroatoms. The summed E-state index contributed by atoms with van der Waals surface area (Å²) in [5.41, 5.74) is 22.7. The molecular formula is C65H49N9O. The van der Waals surface area contributed by atoms with Gasteiger partial charge in [0.15, 0.2) is 5.58 Å². The van der Waals surface area contributed by atoms with Crippen molar-refractivity contribution in [2.24, 2.45) is 0 Å². The van der Waals surface area contributed by atoms with Crippen molar-refractivity contribution < 1.29 is 4.42 Å². The Balaban J connectivity index is 1.22. The number of rotatable bonds is 5. The lowest BCUT2D eigenvalue weighted by Gasteiger charge is -2.47. The summed E-state index contributed by atoms with van der Waals surface area (Å²) in [6.07, 6.45) is 0. The maximum atomic E-state index is 7.29. The topological polar surface area (TPSA) is 52.0 Å². The minimum absolute atomic E-state index is 0.492. The molecule has 15 rings (SSSR count). The largest absolute Gasteiger partial charge is 0.436 e. The first-order valence-electron chi connectivity index (χ1n) is 25.4. The average Bonchev–Trinajstić information content (AvgIpc) is 3.91. The van der Waals surface area contributed by atoms with Gasteiger partial charge >= 0.3 is 0 Å². The Morgan fingerprint density at radius 2 is 0.533 bits per heavy atom. The Bertz CT molecular complexity index is 3900. The molecule has 0 atom stereocenters. The fourth-order valence-electron chi connectivity index (χ4n) is 12.1. The predicted molar refractivity (Wildman–Crippen MR) is 310 cm³/mol. The van der Waals surface area contributed by atoms with E-state index in [-0.39, 0.29) is 0 Å². The van der Waals surface area contributed by atoms with Crippen LogP contribution in [0.15, 0.2) is 229 Å². The smallest absolute Gasteiger partial charge is 0.231 e. The molecule has 1 aromatic heterocycles. The standard InChI is InChI=1S/C65H49N9O/c1-67-43-24-6-14-32-51(43)71(52-33-15-7-25-44(52)67)59-41-60(72-53-34-16-8-26-45(53)68(2)46-27-9-17-35-54(46)72)63(73-55-36-18-10-28-47(55)69(3)48-29-11-19-37-56(48)73)64(62(59)65-66-42-23-5-22-40-61(42)75-65)74-57-38-20-12-30-49(57)70(4)50-31-13-21-39-58(50)74/h5-41H,1-4H3. The molecule has 4 aliphatic heterocycles. The van der Waals surface area contributed by atoms with E-state index in [9.17, 15) is 0 Å². The van der Waals surface area contributed by atoms with Crippen molar-refractivity contribution in [3.63, 3.8) is 0 Å². The van der Waals surface area contributed by atoms with Gasteiger partial charge in [-0.1, -0.05) is 109 Å². The molecule has 0 saturated carbocycles. The first-order chi connectivity index (χ1) is 36.9. The molecule has 5 heterocycles. The number of aromatic nitrogens is 1. The van der Waals surface area contributed by atoms with Crippen molar-refractivity contribution >= 4 is 125 Å². The van der Waals surface area contributed by atoms with Crippen molar-refractivity contribution in [1.29, 1.82) is 0 Å². The predicted octanol–water partition coefficient (Wildman–Crippen LogP) is 17.7. The van der Waals surface area contributed by atoms with Crippen molar-refractivity contribution in [3.05, 3.63) is 224 Å². The molecule has 75 heavy (non-hydrogen) atoms. The van der Waals surface area contributed by atoms with E-state index < -0.39 is 0 Å². The van der Waals surface area contributed by atoms with Crippen LogP contribution in [0.2, 0.25) is 0 Å².